The highest BCUT2D eigenvalue weighted by Crippen LogP contribution is 2.49. The van der Waals surface area contributed by atoms with Gasteiger partial charge in [0.1, 0.15) is 0 Å². The zero-order valence-electron chi connectivity index (χ0n) is 8.32. The Kier molecular flexibility index (Phi) is 2.10. The molecule has 4 heteroatoms. The quantitative estimate of drug-likeness (QED) is 0.647. The fourth-order valence-electron chi connectivity index (χ4n) is 2.34. The Hall–Kier alpha value is -0.900. The average Bonchev–Trinajstić information content (AvgIpc) is 2.36. The normalized spacial score (nSPS) is 26.9. The molecule has 14 heavy (non-hydrogen) atoms. The lowest BCUT2D eigenvalue weighted by Gasteiger charge is -2.35. The van der Waals surface area contributed by atoms with Crippen LogP contribution in [0.2, 0.25) is 0 Å². The van der Waals surface area contributed by atoms with Gasteiger partial charge in [0.2, 0.25) is 11.8 Å². The Morgan fingerprint density at radius 2 is 2.14 bits per heavy atom. The van der Waals surface area contributed by atoms with Crippen LogP contribution in [0.1, 0.15) is 32.6 Å². The van der Waals surface area contributed by atoms with Crippen molar-refractivity contribution in [1.29, 1.82) is 0 Å². The Morgan fingerprint density at radius 3 is 2.50 bits per heavy atom. The summed E-state index contributed by atoms with van der Waals surface area (Å²) in [6.07, 6.45) is 3.08. The fraction of sp³-hybridized carbons (Fsp3) is 0.800. The third-order valence-corrected chi connectivity index (χ3v) is 3.45. The molecule has 78 valence electrons. The zero-order chi connectivity index (χ0) is 10.3. The third-order valence-electron chi connectivity index (χ3n) is 3.45. The first-order valence-corrected chi connectivity index (χ1v) is 5.08. The highest BCUT2D eigenvalue weighted by Gasteiger charge is 2.55. The molecule has 0 radical (unpaired) electrons. The van der Waals surface area contributed by atoms with E-state index in [0.29, 0.717) is 6.42 Å². The number of imide groups is 1. The first-order chi connectivity index (χ1) is 6.60. The molecule has 0 aromatic heterocycles. The van der Waals surface area contributed by atoms with E-state index in [4.69, 9.17) is 5.11 Å². The minimum Gasteiger partial charge on any atom is -0.394 e. The van der Waals surface area contributed by atoms with E-state index in [9.17, 15) is 9.59 Å². The van der Waals surface area contributed by atoms with E-state index >= 15 is 0 Å². The van der Waals surface area contributed by atoms with E-state index in [-0.39, 0.29) is 29.9 Å². The topological polar surface area (TPSA) is 57.6 Å². The predicted molar refractivity (Wildman–Crippen MR) is 49.3 cm³/mol. The summed E-state index contributed by atoms with van der Waals surface area (Å²) in [4.78, 5) is 24.8. The molecule has 1 N–H and O–H groups in total. The summed E-state index contributed by atoms with van der Waals surface area (Å²) in [5.41, 5.74) is -0.374. The van der Waals surface area contributed by atoms with Crippen LogP contribution < -0.4 is 0 Å². The fourth-order valence-corrected chi connectivity index (χ4v) is 2.34. The lowest BCUT2D eigenvalue weighted by atomic mass is 9.68. The lowest BCUT2D eigenvalue weighted by Crippen LogP contribution is -2.44. The van der Waals surface area contributed by atoms with E-state index in [0.717, 1.165) is 19.3 Å². The number of aliphatic hydroxyl groups excluding tert-OH is 1. The molecule has 1 spiro atoms. The maximum absolute atomic E-state index is 11.9. The molecule has 0 bridgehead atoms. The monoisotopic (exact) mass is 197 g/mol. The third kappa shape index (κ3) is 1.10. The maximum atomic E-state index is 11.9. The molecular formula is C10H15NO3. The molecule has 1 aliphatic carbocycles. The van der Waals surface area contributed by atoms with Crippen molar-refractivity contribution in [3.8, 4) is 0 Å². The van der Waals surface area contributed by atoms with Crippen molar-refractivity contribution >= 4 is 11.8 Å². The number of amides is 2. The summed E-state index contributed by atoms with van der Waals surface area (Å²) in [6.45, 7) is 1.56. The van der Waals surface area contributed by atoms with Crippen molar-refractivity contribution < 1.29 is 14.7 Å². The number of likely N-dealkylation sites (tertiary alicyclic amines) is 1. The number of hydrogen-bond acceptors (Lipinski definition) is 3. The molecule has 2 rings (SSSR count). The first-order valence-electron chi connectivity index (χ1n) is 5.08. The molecule has 1 saturated carbocycles. The molecule has 2 aliphatic rings. The smallest absolute Gasteiger partial charge is 0.236 e. The molecule has 4 nitrogen and oxygen atoms in total. The lowest BCUT2D eigenvalue weighted by molar-refractivity contribution is -0.146. The summed E-state index contributed by atoms with van der Waals surface area (Å²) in [6, 6.07) is -0.366. The van der Waals surface area contributed by atoms with Crippen LogP contribution in [0.15, 0.2) is 0 Å². The largest absolute Gasteiger partial charge is 0.394 e. The molecule has 2 fully saturated rings. The van der Waals surface area contributed by atoms with E-state index in [1.165, 1.54) is 4.90 Å². The van der Waals surface area contributed by atoms with Gasteiger partial charge in [-0.2, -0.15) is 0 Å². The van der Waals surface area contributed by atoms with Crippen LogP contribution in [-0.2, 0) is 9.59 Å². The average molecular weight is 197 g/mol. The molecule has 0 aromatic carbocycles. The standard InChI is InChI=1S/C10H15NO3/c1-7(6-12)11-8(13)5-10(9(11)14)3-2-4-10/h7,12H,2-6H2,1H3/t7-/m1/s1. The van der Waals surface area contributed by atoms with Crippen LogP contribution in [0.4, 0.5) is 0 Å². The van der Waals surface area contributed by atoms with E-state index in [1.807, 2.05) is 0 Å². The van der Waals surface area contributed by atoms with E-state index in [2.05, 4.69) is 0 Å². The second-order valence-corrected chi connectivity index (χ2v) is 4.41. The molecule has 1 heterocycles. The van der Waals surface area contributed by atoms with Gasteiger partial charge in [0.15, 0.2) is 0 Å². The number of nitrogens with zero attached hydrogens (tertiary/aromatic N) is 1. The molecule has 1 aliphatic heterocycles. The van der Waals surface area contributed by atoms with Crippen LogP contribution in [-0.4, -0.2) is 34.5 Å². The summed E-state index contributed by atoms with van der Waals surface area (Å²) < 4.78 is 0. The van der Waals surface area contributed by atoms with Crippen molar-refractivity contribution in [2.24, 2.45) is 5.41 Å². The van der Waals surface area contributed by atoms with Gasteiger partial charge in [-0.05, 0) is 19.8 Å². The van der Waals surface area contributed by atoms with Crippen LogP contribution in [0.3, 0.4) is 0 Å². The minimum atomic E-state index is -0.374. The van der Waals surface area contributed by atoms with Gasteiger partial charge in [-0.1, -0.05) is 6.42 Å². The van der Waals surface area contributed by atoms with Gasteiger partial charge in [0, 0.05) is 6.42 Å². The maximum Gasteiger partial charge on any atom is 0.236 e. The van der Waals surface area contributed by atoms with Gasteiger partial charge in [0.05, 0.1) is 18.1 Å². The molecule has 0 aromatic rings. The number of carbonyl (C=O) groups excluding carboxylic acids is 2. The SMILES string of the molecule is C[C@H](CO)N1C(=O)CC2(CCC2)C1=O. The number of rotatable bonds is 2. The van der Waals surface area contributed by atoms with E-state index in [1.54, 1.807) is 6.92 Å². The van der Waals surface area contributed by atoms with Gasteiger partial charge in [-0.25, -0.2) is 0 Å². The van der Waals surface area contributed by atoms with Crippen molar-refractivity contribution in [3.05, 3.63) is 0 Å². The van der Waals surface area contributed by atoms with Gasteiger partial charge >= 0.3 is 0 Å². The number of aliphatic hydroxyl groups is 1. The van der Waals surface area contributed by atoms with Crippen LogP contribution in [0.5, 0.6) is 0 Å². The summed E-state index contributed by atoms with van der Waals surface area (Å²) in [5.74, 6) is -0.174. The molecule has 1 atom stereocenters. The van der Waals surface area contributed by atoms with Crippen LogP contribution in [0.25, 0.3) is 0 Å². The second-order valence-electron chi connectivity index (χ2n) is 4.41. The van der Waals surface area contributed by atoms with Gasteiger partial charge < -0.3 is 5.11 Å². The highest BCUT2D eigenvalue weighted by molar-refractivity contribution is 6.06. The predicted octanol–water partition coefficient (Wildman–Crippen LogP) is 0.296. The van der Waals surface area contributed by atoms with E-state index < -0.39 is 0 Å². The van der Waals surface area contributed by atoms with Crippen LogP contribution in [0, 0.1) is 5.41 Å². The molecule has 2 amide bonds. The number of hydrogen-bond donors (Lipinski definition) is 1. The van der Waals surface area contributed by atoms with Gasteiger partial charge in [0.25, 0.3) is 0 Å². The Bertz CT molecular complexity index is 283. The van der Waals surface area contributed by atoms with Gasteiger partial charge in [-0.3, -0.25) is 14.5 Å². The minimum absolute atomic E-state index is 0.0599. The Morgan fingerprint density at radius 1 is 1.50 bits per heavy atom. The molecule has 0 unspecified atom stereocenters. The number of carbonyl (C=O) groups is 2. The van der Waals surface area contributed by atoms with Gasteiger partial charge in [-0.15, -0.1) is 0 Å². The van der Waals surface area contributed by atoms with Crippen LogP contribution >= 0.6 is 0 Å². The second kappa shape index (κ2) is 3.05. The van der Waals surface area contributed by atoms with Crippen molar-refractivity contribution in [2.75, 3.05) is 6.61 Å². The first kappa shape index (κ1) is 9.65. The Balaban J connectivity index is 2.20. The summed E-state index contributed by atoms with van der Waals surface area (Å²) in [7, 11) is 0. The highest BCUT2D eigenvalue weighted by atomic mass is 16.3. The van der Waals surface area contributed by atoms with Crippen molar-refractivity contribution in [1.82, 2.24) is 4.90 Å². The Labute approximate surface area is 82.9 Å². The summed E-state index contributed by atoms with van der Waals surface area (Å²) in [5, 5.41) is 8.95. The summed E-state index contributed by atoms with van der Waals surface area (Å²) >= 11 is 0. The zero-order valence-corrected chi connectivity index (χ0v) is 8.32. The van der Waals surface area contributed by atoms with Crippen molar-refractivity contribution in [3.63, 3.8) is 0 Å². The van der Waals surface area contributed by atoms with Crippen molar-refractivity contribution in [2.45, 2.75) is 38.6 Å². The molecule has 1 saturated heterocycles. The molecular weight excluding hydrogens is 182 g/mol.